The van der Waals surface area contributed by atoms with Crippen molar-refractivity contribution in [3.63, 3.8) is 0 Å². The van der Waals surface area contributed by atoms with Crippen molar-refractivity contribution in [2.24, 2.45) is 0 Å². The largest absolute Gasteiger partial charge is 0.573 e. The van der Waals surface area contributed by atoms with Crippen LogP contribution in [0.3, 0.4) is 0 Å². The highest BCUT2D eigenvalue weighted by Gasteiger charge is 2.32. The second kappa shape index (κ2) is 6.76. The minimum absolute atomic E-state index is 0.0132. The van der Waals surface area contributed by atoms with E-state index >= 15 is 0 Å². The number of ether oxygens (including phenoxy) is 1. The van der Waals surface area contributed by atoms with Crippen molar-refractivity contribution < 1.29 is 22.7 Å². The molecule has 0 aliphatic rings. The topological polar surface area (TPSA) is 29.5 Å². The zero-order chi connectivity index (χ0) is 18.0. The quantitative estimate of drug-likeness (QED) is 0.646. The van der Waals surface area contributed by atoms with Gasteiger partial charge in [0, 0.05) is 23.9 Å². The lowest BCUT2D eigenvalue weighted by molar-refractivity contribution is -0.274. The molecular weight excluding hydrogens is 351 g/mol. The van der Waals surface area contributed by atoms with Crippen LogP contribution in [0.25, 0.3) is 10.1 Å². The van der Waals surface area contributed by atoms with Gasteiger partial charge in [-0.3, -0.25) is 4.79 Å². The van der Waals surface area contributed by atoms with Gasteiger partial charge in [0.25, 0.3) is 5.91 Å². The summed E-state index contributed by atoms with van der Waals surface area (Å²) in [5.41, 5.74) is 0.289. The van der Waals surface area contributed by atoms with Crippen LogP contribution in [-0.2, 0) is 6.54 Å². The number of hydrogen-bond donors (Lipinski definition) is 0. The molecule has 0 aliphatic heterocycles. The first-order valence-corrected chi connectivity index (χ1v) is 8.23. The summed E-state index contributed by atoms with van der Waals surface area (Å²) in [6.45, 7) is 0.0132. The van der Waals surface area contributed by atoms with Crippen LogP contribution in [-0.4, -0.2) is 24.2 Å². The van der Waals surface area contributed by atoms with Crippen LogP contribution in [0.4, 0.5) is 13.2 Å². The summed E-state index contributed by atoms with van der Waals surface area (Å²) in [5, 5.41) is 0.963. The molecule has 0 spiro atoms. The Morgan fingerprint density at radius 2 is 1.80 bits per heavy atom. The fraction of sp³-hybridized carbons (Fsp3) is 0.167. The molecule has 3 nitrogen and oxygen atoms in total. The van der Waals surface area contributed by atoms with Crippen LogP contribution in [0.5, 0.6) is 5.75 Å². The zero-order valence-corrected chi connectivity index (χ0v) is 14.0. The molecule has 0 fully saturated rings. The average molecular weight is 365 g/mol. The Labute approximate surface area is 146 Å². The molecule has 0 atom stereocenters. The number of carbonyl (C=O) groups excluding carboxylic acids is 1. The Bertz CT molecular complexity index is 871. The van der Waals surface area contributed by atoms with E-state index in [9.17, 15) is 18.0 Å². The second-order valence-electron chi connectivity index (χ2n) is 5.47. The third-order valence-electron chi connectivity index (χ3n) is 3.59. The third kappa shape index (κ3) is 4.11. The molecule has 0 unspecified atom stereocenters. The number of fused-ring (bicyclic) bond motifs is 1. The lowest BCUT2D eigenvalue weighted by atomic mass is 10.2. The molecule has 3 aromatic rings. The Kier molecular flexibility index (Phi) is 4.67. The van der Waals surface area contributed by atoms with Crippen molar-refractivity contribution in [3.8, 4) is 5.75 Å². The average Bonchev–Trinajstić information content (AvgIpc) is 2.98. The minimum Gasteiger partial charge on any atom is -0.405 e. The van der Waals surface area contributed by atoms with E-state index in [1.807, 2.05) is 24.3 Å². The van der Waals surface area contributed by atoms with Crippen LogP contribution in [0, 0.1) is 0 Å². The van der Waals surface area contributed by atoms with Crippen molar-refractivity contribution in [1.29, 1.82) is 0 Å². The zero-order valence-electron chi connectivity index (χ0n) is 13.2. The van der Waals surface area contributed by atoms with Crippen LogP contribution >= 0.6 is 11.3 Å². The molecule has 3 rings (SSSR count). The molecule has 0 radical (unpaired) electrons. The van der Waals surface area contributed by atoms with Gasteiger partial charge in [-0.1, -0.05) is 36.4 Å². The van der Waals surface area contributed by atoms with E-state index < -0.39 is 6.36 Å². The molecule has 0 bridgehead atoms. The summed E-state index contributed by atoms with van der Waals surface area (Å²) >= 11 is 1.36. The number of nitrogens with zero attached hydrogens (tertiary/aromatic N) is 1. The Morgan fingerprint density at radius 1 is 1.12 bits per heavy atom. The summed E-state index contributed by atoms with van der Waals surface area (Å²) in [6.07, 6.45) is -4.77. The van der Waals surface area contributed by atoms with Gasteiger partial charge in [0.05, 0.1) is 4.88 Å². The molecule has 1 heterocycles. The predicted molar refractivity (Wildman–Crippen MR) is 90.7 cm³/mol. The van der Waals surface area contributed by atoms with Gasteiger partial charge < -0.3 is 9.64 Å². The van der Waals surface area contributed by atoms with Gasteiger partial charge >= 0.3 is 6.36 Å². The molecule has 0 saturated carbocycles. The Morgan fingerprint density at radius 3 is 2.52 bits per heavy atom. The van der Waals surface area contributed by atoms with Gasteiger partial charge in [0.1, 0.15) is 5.75 Å². The smallest absolute Gasteiger partial charge is 0.405 e. The van der Waals surface area contributed by atoms with Gasteiger partial charge in [0.15, 0.2) is 0 Å². The van der Waals surface area contributed by atoms with Gasteiger partial charge in [-0.05, 0) is 23.6 Å². The predicted octanol–water partition coefficient (Wildman–Crippen LogP) is 5.07. The number of thiophene rings is 1. The van der Waals surface area contributed by atoms with E-state index in [2.05, 4.69) is 4.74 Å². The summed E-state index contributed by atoms with van der Waals surface area (Å²) in [6, 6.07) is 15.2. The number of carbonyl (C=O) groups is 1. The van der Waals surface area contributed by atoms with Crippen molar-refractivity contribution >= 4 is 27.3 Å². The SMILES string of the molecule is CN(Cc1ccccc1OC(F)(F)F)C(=O)c1cc2ccccc2s1. The maximum absolute atomic E-state index is 12.6. The fourth-order valence-electron chi connectivity index (χ4n) is 2.46. The summed E-state index contributed by atoms with van der Waals surface area (Å²) in [4.78, 5) is 14.5. The van der Waals surface area contributed by atoms with E-state index in [1.165, 1.54) is 34.4 Å². The molecule has 0 N–H and O–H groups in total. The highest BCUT2D eigenvalue weighted by molar-refractivity contribution is 7.20. The monoisotopic (exact) mass is 365 g/mol. The van der Waals surface area contributed by atoms with Crippen molar-refractivity contribution in [2.75, 3.05) is 7.05 Å². The van der Waals surface area contributed by atoms with Gasteiger partial charge in [-0.15, -0.1) is 24.5 Å². The van der Waals surface area contributed by atoms with Crippen molar-refractivity contribution in [3.05, 3.63) is 65.0 Å². The van der Waals surface area contributed by atoms with Crippen LogP contribution in [0.2, 0.25) is 0 Å². The minimum atomic E-state index is -4.77. The van der Waals surface area contributed by atoms with Crippen molar-refractivity contribution in [2.45, 2.75) is 12.9 Å². The third-order valence-corrected chi connectivity index (χ3v) is 4.69. The fourth-order valence-corrected chi connectivity index (χ4v) is 3.52. The first-order chi connectivity index (χ1) is 11.8. The van der Waals surface area contributed by atoms with Crippen LogP contribution in [0.1, 0.15) is 15.2 Å². The van der Waals surface area contributed by atoms with Crippen LogP contribution < -0.4 is 4.74 Å². The summed E-state index contributed by atoms with van der Waals surface area (Å²) < 4.78 is 42.5. The number of rotatable bonds is 4. The second-order valence-corrected chi connectivity index (χ2v) is 6.55. The molecule has 130 valence electrons. The molecular formula is C18H14F3NO2S. The van der Waals surface area contributed by atoms with E-state index in [4.69, 9.17) is 0 Å². The Balaban J connectivity index is 1.80. The van der Waals surface area contributed by atoms with E-state index in [1.54, 1.807) is 19.2 Å². The number of amides is 1. The van der Waals surface area contributed by atoms with E-state index in [0.717, 1.165) is 10.1 Å². The first-order valence-electron chi connectivity index (χ1n) is 7.41. The molecule has 1 aromatic heterocycles. The number of alkyl halides is 3. The molecule has 1 amide bonds. The lowest BCUT2D eigenvalue weighted by Gasteiger charge is -2.19. The maximum atomic E-state index is 12.6. The molecule has 0 aliphatic carbocycles. The molecule has 25 heavy (non-hydrogen) atoms. The normalized spacial score (nSPS) is 11.5. The van der Waals surface area contributed by atoms with Gasteiger partial charge in [-0.25, -0.2) is 0 Å². The number of para-hydroxylation sites is 1. The highest BCUT2D eigenvalue weighted by atomic mass is 32.1. The summed E-state index contributed by atoms with van der Waals surface area (Å²) in [7, 11) is 1.55. The number of hydrogen-bond acceptors (Lipinski definition) is 3. The van der Waals surface area contributed by atoms with Gasteiger partial charge in [-0.2, -0.15) is 0 Å². The number of benzene rings is 2. The molecule has 2 aromatic carbocycles. The lowest BCUT2D eigenvalue weighted by Crippen LogP contribution is -2.26. The molecule has 7 heteroatoms. The highest BCUT2D eigenvalue weighted by Crippen LogP contribution is 2.29. The molecule has 0 saturated heterocycles. The maximum Gasteiger partial charge on any atom is 0.573 e. The van der Waals surface area contributed by atoms with E-state index in [-0.39, 0.29) is 23.8 Å². The van der Waals surface area contributed by atoms with E-state index in [0.29, 0.717) is 4.88 Å². The van der Waals surface area contributed by atoms with Crippen molar-refractivity contribution in [1.82, 2.24) is 4.90 Å². The standard InChI is InChI=1S/C18H14F3NO2S/c1-22(11-13-7-2-4-8-14(13)24-18(19,20)21)17(23)16-10-12-6-3-5-9-15(12)25-16/h2-10H,11H2,1H3. The first kappa shape index (κ1) is 17.3. The Hall–Kier alpha value is -2.54. The summed E-state index contributed by atoms with van der Waals surface area (Å²) in [5.74, 6) is -0.547. The van der Waals surface area contributed by atoms with Crippen LogP contribution in [0.15, 0.2) is 54.6 Å². The number of halogens is 3. The van der Waals surface area contributed by atoms with Gasteiger partial charge in [0.2, 0.25) is 0 Å².